The molecule has 0 aromatic carbocycles. The maximum absolute atomic E-state index is 11.8. The van der Waals surface area contributed by atoms with Gasteiger partial charge < -0.3 is 10.2 Å². The van der Waals surface area contributed by atoms with Gasteiger partial charge >= 0.3 is 0 Å². The molecule has 0 spiro atoms. The Balaban J connectivity index is 2.35. The molecule has 1 aliphatic heterocycles. The maximum Gasteiger partial charge on any atom is 0.236 e. The fourth-order valence-corrected chi connectivity index (χ4v) is 1.75. The van der Waals surface area contributed by atoms with Crippen molar-refractivity contribution in [2.24, 2.45) is 0 Å². The minimum absolute atomic E-state index is 0.101. The van der Waals surface area contributed by atoms with Crippen molar-refractivity contribution in [1.29, 1.82) is 5.26 Å². The van der Waals surface area contributed by atoms with Gasteiger partial charge in [0, 0.05) is 39.3 Å². The molecule has 1 N–H and O–H groups in total. The maximum atomic E-state index is 11.8. The largest absolute Gasteiger partial charge is 0.344 e. The zero-order valence-corrected chi connectivity index (χ0v) is 10.1. The van der Waals surface area contributed by atoms with Crippen molar-refractivity contribution in [3.63, 3.8) is 0 Å². The van der Waals surface area contributed by atoms with Gasteiger partial charge in [0.1, 0.15) is 0 Å². The number of nitrogens with one attached hydrogen (secondary N) is 1. The minimum atomic E-state index is 0.101. The third kappa shape index (κ3) is 3.80. The van der Waals surface area contributed by atoms with E-state index in [0.29, 0.717) is 25.6 Å². The average Bonchev–Trinajstić information content (AvgIpc) is 2.28. The Hall–Kier alpha value is -1.12. The van der Waals surface area contributed by atoms with E-state index in [1.165, 1.54) is 0 Å². The molecule has 1 aliphatic rings. The van der Waals surface area contributed by atoms with Crippen molar-refractivity contribution in [2.45, 2.75) is 19.4 Å². The molecule has 1 saturated heterocycles. The summed E-state index contributed by atoms with van der Waals surface area (Å²) in [6.07, 6.45) is 0.402. The normalized spacial score (nSPS) is 21.4. The molecule has 1 heterocycles. The number of amides is 1. The predicted molar refractivity (Wildman–Crippen MR) is 61.8 cm³/mol. The molecule has 0 bridgehead atoms. The second kappa shape index (κ2) is 6.46. The molecule has 0 aliphatic carbocycles. The fraction of sp³-hybridized carbons (Fsp3) is 0.818. The Kier molecular flexibility index (Phi) is 5.23. The summed E-state index contributed by atoms with van der Waals surface area (Å²) in [6, 6.07) is 2.45. The van der Waals surface area contributed by atoms with Crippen LogP contribution in [-0.4, -0.2) is 61.5 Å². The Bertz CT molecular complexity index is 274. The number of nitriles is 1. The molecule has 90 valence electrons. The lowest BCUT2D eigenvalue weighted by Gasteiger charge is -2.34. The quantitative estimate of drug-likeness (QED) is 0.709. The third-order valence-electron chi connectivity index (χ3n) is 2.96. The lowest BCUT2D eigenvalue weighted by Crippen LogP contribution is -2.52. The van der Waals surface area contributed by atoms with Crippen molar-refractivity contribution >= 4 is 5.91 Å². The Labute approximate surface area is 97.0 Å². The number of carbonyl (C=O) groups excluding carboxylic acids is 1. The van der Waals surface area contributed by atoms with Crippen LogP contribution in [0.5, 0.6) is 0 Å². The molecule has 0 saturated carbocycles. The molecule has 1 amide bonds. The van der Waals surface area contributed by atoms with E-state index in [2.05, 4.69) is 17.1 Å². The summed E-state index contributed by atoms with van der Waals surface area (Å²) in [7, 11) is 1.76. The molecular formula is C11H20N4O. The van der Waals surface area contributed by atoms with E-state index in [-0.39, 0.29) is 5.91 Å². The van der Waals surface area contributed by atoms with Gasteiger partial charge in [-0.3, -0.25) is 9.69 Å². The highest BCUT2D eigenvalue weighted by Gasteiger charge is 2.21. The monoisotopic (exact) mass is 224 g/mol. The zero-order chi connectivity index (χ0) is 12.0. The lowest BCUT2D eigenvalue weighted by atomic mass is 10.2. The van der Waals surface area contributed by atoms with E-state index >= 15 is 0 Å². The zero-order valence-electron chi connectivity index (χ0n) is 10.1. The number of rotatable bonds is 4. The second-order valence-corrected chi connectivity index (χ2v) is 4.25. The molecule has 5 nitrogen and oxygen atoms in total. The van der Waals surface area contributed by atoms with Crippen LogP contribution < -0.4 is 5.32 Å². The van der Waals surface area contributed by atoms with Gasteiger partial charge in [-0.25, -0.2) is 0 Å². The van der Waals surface area contributed by atoms with E-state index in [1.807, 2.05) is 6.07 Å². The van der Waals surface area contributed by atoms with Crippen LogP contribution in [0.1, 0.15) is 13.3 Å². The molecule has 1 fully saturated rings. The number of nitrogens with zero attached hydrogens (tertiary/aromatic N) is 3. The topological polar surface area (TPSA) is 59.4 Å². The summed E-state index contributed by atoms with van der Waals surface area (Å²) >= 11 is 0. The molecule has 16 heavy (non-hydrogen) atoms. The van der Waals surface area contributed by atoms with Crippen LogP contribution in [0.3, 0.4) is 0 Å². The van der Waals surface area contributed by atoms with Crippen molar-refractivity contribution in [3.05, 3.63) is 0 Å². The summed E-state index contributed by atoms with van der Waals surface area (Å²) in [4.78, 5) is 15.6. The Morgan fingerprint density at radius 2 is 2.44 bits per heavy atom. The second-order valence-electron chi connectivity index (χ2n) is 4.25. The molecule has 0 radical (unpaired) electrons. The van der Waals surface area contributed by atoms with Crippen LogP contribution in [0.4, 0.5) is 0 Å². The molecular weight excluding hydrogens is 204 g/mol. The van der Waals surface area contributed by atoms with E-state index < -0.39 is 0 Å². The standard InChI is InChI=1S/C11H20N4O/c1-10-8-13-5-7-15(10)9-11(16)14(2)6-3-4-12/h10,13H,3,5-9H2,1-2H3/t10-/m1/s1. The SMILES string of the molecule is C[C@@H]1CNCCN1CC(=O)N(C)CCC#N. The van der Waals surface area contributed by atoms with Gasteiger partial charge in [0.2, 0.25) is 5.91 Å². The fourth-order valence-electron chi connectivity index (χ4n) is 1.75. The van der Waals surface area contributed by atoms with Gasteiger partial charge in [-0.05, 0) is 6.92 Å². The summed E-state index contributed by atoms with van der Waals surface area (Å²) in [5, 5.41) is 11.7. The highest BCUT2D eigenvalue weighted by atomic mass is 16.2. The van der Waals surface area contributed by atoms with Gasteiger partial charge in [0.05, 0.1) is 19.0 Å². The van der Waals surface area contributed by atoms with E-state index in [4.69, 9.17) is 5.26 Å². The summed E-state index contributed by atoms with van der Waals surface area (Å²) in [5.41, 5.74) is 0. The number of carbonyl (C=O) groups is 1. The first-order chi connectivity index (χ1) is 7.65. The van der Waals surface area contributed by atoms with Crippen molar-refractivity contribution in [2.75, 3.05) is 39.8 Å². The molecule has 5 heteroatoms. The molecule has 1 rings (SSSR count). The molecule has 0 aromatic heterocycles. The number of hydrogen-bond acceptors (Lipinski definition) is 4. The van der Waals surface area contributed by atoms with Crippen LogP contribution >= 0.6 is 0 Å². The first kappa shape index (κ1) is 12.9. The van der Waals surface area contributed by atoms with Gasteiger partial charge in [-0.1, -0.05) is 0 Å². The van der Waals surface area contributed by atoms with Crippen LogP contribution in [0.2, 0.25) is 0 Å². The molecule has 1 atom stereocenters. The first-order valence-corrected chi connectivity index (χ1v) is 5.71. The molecule has 0 aromatic rings. The summed E-state index contributed by atoms with van der Waals surface area (Å²) in [6.45, 7) is 5.91. The van der Waals surface area contributed by atoms with Gasteiger partial charge in [0.15, 0.2) is 0 Å². The van der Waals surface area contributed by atoms with Gasteiger partial charge in [0.25, 0.3) is 0 Å². The highest BCUT2D eigenvalue weighted by Crippen LogP contribution is 2.02. The summed E-state index contributed by atoms with van der Waals surface area (Å²) in [5.74, 6) is 0.101. The van der Waals surface area contributed by atoms with Gasteiger partial charge in [-0.2, -0.15) is 5.26 Å². The smallest absolute Gasteiger partial charge is 0.236 e. The van der Waals surface area contributed by atoms with Crippen LogP contribution in [0, 0.1) is 11.3 Å². The van der Waals surface area contributed by atoms with E-state index in [0.717, 1.165) is 19.6 Å². The number of hydrogen-bond donors (Lipinski definition) is 1. The molecule has 0 unspecified atom stereocenters. The Morgan fingerprint density at radius 3 is 3.06 bits per heavy atom. The number of piperazine rings is 1. The minimum Gasteiger partial charge on any atom is -0.344 e. The average molecular weight is 224 g/mol. The third-order valence-corrected chi connectivity index (χ3v) is 2.96. The van der Waals surface area contributed by atoms with E-state index in [9.17, 15) is 4.79 Å². The highest BCUT2D eigenvalue weighted by molar-refractivity contribution is 5.78. The van der Waals surface area contributed by atoms with Crippen LogP contribution in [0.25, 0.3) is 0 Å². The van der Waals surface area contributed by atoms with E-state index in [1.54, 1.807) is 11.9 Å². The van der Waals surface area contributed by atoms with Crippen molar-refractivity contribution in [3.8, 4) is 6.07 Å². The summed E-state index contributed by atoms with van der Waals surface area (Å²) < 4.78 is 0. The van der Waals surface area contributed by atoms with Gasteiger partial charge in [-0.15, -0.1) is 0 Å². The van der Waals surface area contributed by atoms with Crippen molar-refractivity contribution < 1.29 is 4.79 Å². The predicted octanol–water partition coefficient (Wildman–Crippen LogP) is -0.348. The Morgan fingerprint density at radius 1 is 1.69 bits per heavy atom. The van der Waals surface area contributed by atoms with Crippen LogP contribution in [-0.2, 0) is 4.79 Å². The van der Waals surface area contributed by atoms with Crippen LogP contribution in [0.15, 0.2) is 0 Å². The van der Waals surface area contributed by atoms with Crippen molar-refractivity contribution in [1.82, 2.24) is 15.1 Å². The first-order valence-electron chi connectivity index (χ1n) is 5.71. The lowest BCUT2D eigenvalue weighted by molar-refractivity contribution is -0.131. The number of likely N-dealkylation sites (N-methyl/N-ethyl adjacent to an activating group) is 1.